The summed E-state index contributed by atoms with van der Waals surface area (Å²) in [6, 6.07) is 12.3. The normalized spacial score (nSPS) is 11.9. The third-order valence-electron chi connectivity index (χ3n) is 3.15. The number of hydrogen-bond acceptors (Lipinski definition) is 3. The molecule has 0 aliphatic heterocycles. The minimum Gasteiger partial charge on any atom is -0.507 e. The molecule has 4 nitrogen and oxygen atoms in total. The largest absolute Gasteiger partial charge is 0.507 e. The number of amides is 1. The van der Waals surface area contributed by atoms with Gasteiger partial charge in [-0.2, -0.15) is 0 Å². The van der Waals surface area contributed by atoms with Crippen LogP contribution in [0.5, 0.6) is 5.75 Å². The van der Waals surface area contributed by atoms with Crippen molar-refractivity contribution in [2.45, 2.75) is 19.9 Å². The van der Waals surface area contributed by atoms with E-state index in [-0.39, 0.29) is 23.3 Å². The number of carbonyl (C=O) groups is 1. The summed E-state index contributed by atoms with van der Waals surface area (Å²) >= 11 is 0. The lowest BCUT2D eigenvalue weighted by molar-refractivity contribution is 0.102. The second-order valence-corrected chi connectivity index (χ2v) is 4.84. The summed E-state index contributed by atoms with van der Waals surface area (Å²) in [5, 5.41) is 12.7. The summed E-state index contributed by atoms with van der Waals surface area (Å²) in [5.74, 6) is -0.332. The van der Waals surface area contributed by atoms with Crippen LogP contribution < -0.4 is 11.1 Å². The number of phenolic OH excluding ortho intramolecular Hbond substituents is 1. The molecule has 0 radical (unpaired) electrons. The maximum Gasteiger partial charge on any atom is 0.259 e. The lowest BCUT2D eigenvalue weighted by Gasteiger charge is -2.11. The maximum atomic E-state index is 12.2. The Morgan fingerprint density at radius 2 is 1.95 bits per heavy atom. The minimum atomic E-state index is -0.340. The highest BCUT2D eigenvalue weighted by Crippen LogP contribution is 2.23. The number of nitrogens with one attached hydrogen (secondary N) is 1. The maximum absolute atomic E-state index is 12.2. The van der Waals surface area contributed by atoms with Crippen LogP contribution in [0.15, 0.2) is 42.5 Å². The van der Waals surface area contributed by atoms with Crippen molar-refractivity contribution in [1.29, 1.82) is 0 Å². The molecule has 0 heterocycles. The molecule has 0 bridgehead atoms. The molecule has 2 aromatic carbocycles. The highest BCUT2D eigenvalue weighted by atomic mass is 16.3. The quantitative estimate of drug-likeness (QED) is 0.802. The molecular formula is C16H18N2O2. The standard InChI is InChI=1S/C16H18N2O2/c1-10-5-3-8-14(15(10)19)16(20)18-13-7-4-6-12(9-13)11(2)17/h3-9,11,19H,17H2,1-2H3,(H,18,20). The lowest BCUT2D eigenvalue weighted by atomic mass is 10.1. The van der Waals surface area contributed by atoms with Crippen molar-refractivity contribution in [3.63, 3.8) is 0 Å². The number of phenols is 1. The van der Waals surface area contributed by atoms with Gasteiger partial charge in [0.25, 0.3) is 5.91 Å². The summed E-state index contributed by atoms with van der Waals surface area (Å²) in [7, 11) is 0. The molecule has 1 atom stereocenters. The van der Waals surface area contributed by atoms with Gasteiger partial charge in [0, 0.05) is 11.7 Å². The Morgan fingerprint density at radius 1 is 1.25 bits per heavy atom. The second kappa shape index (κ2) is 5.75. The number of aromatic hydroxyl groups is 1. The van der Waals surface area contributed by atoms with Crippen LogP contribution in [0.3, 0.4) is 0 Å². The van der Waals surface area contributed by atoms with Gasteiger partial charge in [-0.1, -0.05) is 24.3 Å². The summed E-state index contributed by atoms with van der Waals surface area (Å²) in [6.07, 6.45) is 0. The molecule has 1 unspecified atom stereocenters. The average Bonchev–Trinajstić information content (AvgIpc) is 2.42. The van der Waals surface area contributed by atoms with Crippen molar-refractivity contribution in [3.8, 4) is 5.75 Å². The first kappa shape index (κ1) is 14.1. The molecule has 104 valence electrons. The summed E-state index contributed by atoms with van der Waals surface area (Å²) in [5.41, 5.74) is 8.34. The van der Waals surface area contributed by atoms with Gasteiger partial charge in [0.15, 0.2) is 0 Å². The van der Waals surface area contributed by atoms with Crippen LogP contribution in [0.25, 0.3) is 0 Å². The van der Waals surface area contributed by atoms with Crippen LogP contribution in [0.1, 0.15) is 34.5 Å². The van der Waals surface area contributed by atoms with Gasteiger partial charge in [-0.25, -0.2) is 0 Å². The Hall–Kier alpha value is -2.33. The minimum absolute atomic E-state index is 0.00773. The summed E-state index contributed by atoms with van der Waals surface area (Å²) in [6.45, 7) is 3.64. The Morgan fingerprint density at radius 3 is 2.65 bits per heavy atom. The van der Waals surface area contributed by atoms with E-state index in [1.165, 1.54) is 0 Å². The first-order valence-electron chi connectivity index (χ1n) is 6.44. The van der Waals surface area contributed by atoms with Gasteiger partial charge in [-0.3, -0.25) is 4.79 Å². The zero-order chi connectivity index (χ0) is 14.7. The molecule has 2 aromatic rings. The number of hydrogen-bond donors (Lipinski definition) is 3. The highest BCUT2D eigenvalue weighted by molar-refractivity contribution is 6.06. The summed E-state index contributed by atoms with van der Waals surface area (Å²) < 4.78 is 0. The van der Waals surface area contributed by atoms with Crippen molar-refractivity contribution in [3.05, 3.63) is 59.2 Å². The van der Waals surface area contributed by atoms with E-state index in [4.69, 9.17) is 5.73 Å². The molecule has 4 heteroatoms. The van der Waals surface area contributed by atoms with E-state index in [1.54, 1.807) is 31.2 Å². The highest BCUT2D eigenvalue weighted by Gasteiger charge is 2.13. The number of aryl methyl sites for hydroxylation is 1. The van der Waals surface area contributed by atoms with Crippen LogP contribution in [-0.4, -0.2) is 11.0 Å². The van der Waals surface area contributed by atoms with Gasteiger partial charge in [-0.15, -0.1) is 0 Å². The molecule has 0 aromatic heterocycles. The van der Waals surface area contributed by atoms with E-state index in [1.807, 2.05) is 25.1 Å². The van der Waals surface area contributed by atoms with E-state index in [0.717, 1.165) is 5.56 Å². The van der Waals surface area contributed by atoms with Gasteiger partial charge in [0.05, 0.1) is 5.56 Å². The topological polar surface area (TPSA) is 75.4 Å². The van der Waals surface area contributed by atoms with E-state index >= 15 is 0 Å². The zero-order valence-electron chi connectivity index (χ0n) is 11.6. The first-order valence-corrected chi connectivity index (χ1v) is 6.44. The number of nitrogens with two attached hydrogens (primary N) is 1. The fourth-order valence-corrected chi connectivity index (χ4v) is 1.94. The Labute approximate surface area is 118 Å². The van der Waals surface area contributed by atoms with Gasteiger partial charge in [-0.05, 0) is 43.2 Å². The average molecular weight is 270 g/mol. The molecule has 0 spiro atoms. The first-order chi connectivity index (χ1) is 9.49. The van der Waals surface area contributed by atoms with E-state index in [0.29, 0.717) is 11.3 Å². The van der Waals surface area contributed by atoms with E-state index < -0.39 is 0 Å². The third kappa shape index (κ3) is 2.97. The smallest absolute Gasteiger partial charge is 0.259 e. The molecule has 20 heavy (non-hydrogen) atoms. The Bertz CT molecular complexity index is 636. The number of anilines is 1. The monoisotopic (exact) mass is 270 g/mol. The van der Waals surface area contributed by atoms with Crippen molar-refractivity contribution in [2.75, 3.05) is 5.32 Å². The van der Waals surface area contributed by atoms with Crippen LogP contribution in [0.2, 0.25) is 0 Å². The van der Waals surface area contributed by atoms with Crippen molar-refractivity contribution in [1.82, 2.24) is 0 Å². The second-order valence-electron chi connectivity index (χ2n) is 4.84. The van der Waals surface area contributed by atoms with Crippen LogP contribution >= 0.6 is 0 Å². The number of benzene rings is 2. The predicted molar refractivity (Wildman–Crippen MR) is 79.8 cm³/mol. The summed E-state index contributed by atoms with van der Waals surface area (Å²) in [4.78, 5) is 12.2. The molecule has 4 N–H and O–H groups in total. The van der Waals surface area contributed by atoms with Crippen molar-refractivity contribution >= 4 is 11.6 Å². The molecular weight excluding hydrogens is 252 g/mol. The van der Waals surface area contributed by atoms with Crippen LogP contribution in [0.4, 0.5) is 5.69 Å². The van der Waals surface area contributed by atoms with Crippen LogP contribution in [0, 0.1) is 6.92 Å². The van der Waals surface area contributed by atoms with Gasteiger partial charge in [0.2, 0.25) is 0 Å². The SMILES string of the molecule is Cc1cccc(C(=O)Nc2cccc(C(C)N)c2)c1O. The number of rotatable bonds is 3. The molecule has 1 amide bonds. The molecule has 0 saturated heterocycles. The molecule has 0 aliphatic carbocycles. The van der Waals surface area contributed by atoms with Gasteiger partial charge in [0.1, 0.15) is 5.75 Å². The van der Waals surface area contributed by atoms with E-state index in [9.17, 15) is 9.90 Å². The van der Waals surface area contributed by atoms with Crippen LogP contribution in [-0.2, 0) is 0 Å². The zero-order valence-corrected chi connectivity index (χ0v) is 11.6. The fourth-order valence-electron chi connectivity index (χ4n) is 1.94. The molecule has 0 fully saturated rings. The van der Waals surface area contributed by atoms with Gasteiger partial charge < -0.3 is 16.2 Å². The number of carbonyl (C=O) groups excluding carboxylic acids is 1. The Balaban J connectivity index is 2.24. The third-order valence-corrected chi connectivity index (χ3v) is 3.15. The molecule has 0 aliphatic rings. The van der Waals surface area contributed by atoms with Crippen molar-refractivity contribution < 1.29 is 9.90 Å². The number of para-hydroxylation sites is 1. The van der Waals surface area contributed by atoms with Crippen molar-refractivity contribution in [2.24, 2.45) is 5.73 Å². The molecule has 0 saturated carbocycles. The Kier molecular flexibility index (Phi) is 4.05. The van der Waals surface area contributed by atoms with Gasteiger partial charge >= 0.3 is 0 Å². The van der Waals surface area contributed by atoms with E-state index in [2.05, 4.69) is 5.32 Å². The molecule has 2 rings (SSSR count). The predicted octanol–water partition coefficient (Wildman–Crippen LogP) is 2.97. The lowest BCUT2D eigenvalue weighted by Crippen LogP contribution is -2.13. The fraction of sp³-hybridized carbons (Fsp3) is 0.188.